The van der Waals surface area contributed by atoms with Gasteiger partial charge in [-0.1, -0.05) is 68.8 Å². The molecule has 4 aromatic carbocycles. The summed E-state index contributed by atoms with van der Waals surface area (Å²) in [7, 11) is 0. The van der Waals surface area contributed by atoms with E-state index in [9.17, 15) is 13.6 Å². The Labute approximate surface area is 430 Å². The van der Waals surface area contributed by atoms with E-state index in [1.807, 2.05) is 30.3 Å². The normalized spacial score (nSPS) is 23.4. The summed E-state index contributed by atoms with van der Waals surface area (Å²) >= 11 is 26.0. The van der Waals surface area contributed by atoms with Crippen molar-refractivity contribution >= 4 is 63.7 Å². The average Bonchev–Trinajstić information content (AvgIpc) is 4.27. The van der Waals surface area contributed by atoms with E-state index in [0.717, 1.165) is 117 Å². The lowest BCUT2D eigenvalue weighted by molar-refractivity contribution is 0.0696. The number of hydrogen-bond donors (Lipinski definition) is 3. The molecule has 17 heteroatoms. The van der Waals surface area contributed by atoms with Crippen LogP contribution in [0.4, 0.5) is 20.2 Å². The maximum Gasteiger partial charge on any atom is 0.335 e. The summed E-state index contributed by atoms with van der Waals surface area (Å²) < 4.78 is 41.2. The van der Waals surface area contributed by atoms with Gasteiger partial charge < -0.3 is 34.6 Å². The third-order valence-corrected chi connectivity index (χ3v) is 16.6. The zero-order chi connectivity index (χ0) is 49.1. The smallest absolute Gasteiger partial charge is 0.335 e. The Balaban J connectivity index is 0.000000154. The van der Waals surface area contributed by atoms with E-state index in [0.29, 0.717) is 79.3 Å². The Morgan fingerprint density at radius 2 is 1.04 bits per heavy atom. The number of carboxylic acids is 1. The molecule has 6 aliphatic rings. The predicted octanol–water partition coefficient (Wildman–Crippen LogP) is 13.5. The molecule has 6 aromatic rings. The van der Waals surface area contributed by atoms with Crippen LogP contribution in [0.5, 0.6) is 0 Å². The maximum atomic E-state index is 14.8. The lowest BCUT2D eigenvalue weighted by atomic mass is 9.95. The fourth-order valence-electron chi connectivity index (χ4n) is 11.8. The van der Waals surface area contributed by atoms with Gasteiger partial charge in [-0.3, -0.25) is 0 Å². The maximum absolute atomic E-state index is 14.8. The fraction of sp³-hybridized carbons (Fsp3) is 0.407. The van der Waals surface area contributed by atoms with Crippen LogP contribution in [0.1, 0.15) is 127 Å². The van der Waals surface area contributed by atoms with Gasteiger partial charge in [0.1, 0.15) is 34.5 Å². The standard InChI is InChI=1S/C27H25Cl2FN4O.C27H26Cl2FN3O3/c28-21-2-1-3-22(29)25(21)26-20(27(35-33-26)16-5-6-16)14-32-17-11-18-7-8-19(12-17)34(18)24-9-4-15(13-31)10-23(24)30;28-20-2-1-3-21(29)24(20)25-19(26(36-32-25)14-4-5-14)13-31-16-11-17-7-8-18(12-16)33(17)23-9-6-15(27(34)35)10-22(23)30/h1-4,9-10,16-19,32H,5-8,11-12,14H2;1-3,6,9-10,14,16-18,31H,4-5,7-8,11-13H2,(H,34,35). The number of carboxylic acid groups (broad SMARTS) is 1. The Morgan fingerprint density at radius 3 is 1.41 bits per heavy atom. The average molecular weight is 1040 g/mol. The van der Waals surface area contributed by atoms with E-state index in [-0.39, 0.29) is 41.6 Å². The molecule has 0 radical (unpaired) electrons. The summed E-state index contributed by atoms with van der Waals surface area (Å²) in [4.78, 5) is 15.6. The first-order valence-electron chi connectivity index (χ1n) is 24.6. The number of aromatic nitrogens is 2. The number of nitrogens with zero attached hydrogens (tertiary/aromatic N) is 5. The molecule has 4 unspecified atom stereocenters. The zero-order valence-corrected chi connectivity index (χ0v) is 41.6. The molecule has 4 bridgehead atoms. The van der Waals surface area contributed by atoms with Crippen molar-refractivity contribution in [1.29, 1.82) is 5.26 Å². The third-order valence-electron chi connectivity index (χ3n) is 15.4. The number of carbonyl (C=O) groups is 1. The minimum atomic E-state index is -1.12. The Kier molecular flexibility index (Phi) is 13.6. The van der Waals surface area contributed by atoms with Crippen LogP contribution >= 0.6 is 46.4 Å². The highest BCUT2D eigenvalue weighted by atomic mass is 35.5. The molecule has 4 atom stereocenters. The molecule has 2 saturated carbocycles. The summed E-state index contributed by atoms with van der Waals surface area (Å²) in [5.74, 6) is 0.733. The van der Waals surface area contributed by atoms with E-state index in [1.165, 1.54) is 12.1 Å². The molecular formula is C54H51Cl4F2N7O4. The highest BCUT2D eigenvalue weighted by molar-refractivity contribution is 6.39. The quantitative estimate of drug-likeness (QED) is 0.102. The van der Waals surface area contributed by atoms with Gasteiger partial charge in [0.2, 0.25) is 0 Å². The lowest BCUT2D eigenvalue weighted by Gasteiger charge is -2.41. The molecular weight excluding hydrogens is 990 g/mol. The lowest BCUT2D eigenvalue weighted by Crippen LogP contribution is -2.49. The van der Waals surface area contributed by atoms with Crippen molar-refractivity contribution in [2.45, 2.75) is 138 Å². The van der Waals surface area contributed by atoms with Crippen molar-refractivity contribution in [1.82, 2.24) is 20.9 Å². The highest BCUT2D eigenvalue weighted by Gasteiger charge is 2.44. The van der Waals surface area contributed by atoms with Gasteiger partial charge in [0, 0.05) is 83.4 Å². The minimum Gasteiger partial charge on any atom is -0.478 e. The molecule has 6 fully saturated rings. The molecule has 11 nitrogen and oxygen atoms in total. The predicted molar refractivity (Wildman–Crippen MR) is 271 cm³/mol. The van der Waals surface area contributed by atoms with Crippen LogP contribution in [0.25, 0.3) is 22.5 Å². The van der Waals surface area contributed by atoms with Crippen LogP contribution in [0.15, 0.2) is 81.8 Å². The van der Waals surface area contributed by atoms with Gasteiger partial charge >= 0.3 is 5.97 Å². The second-order valence-corrected chi connectivity index (χ2v) is 21.6. The number of nitriles is 1. The van der Waals surface area contributed by atoms with Crippen molar-refractivity contribution in [3.05, 3.63) is 138 Å². The van der Waals surface area contributed by atoms with Crippen molar-refractivity contribution < 1.29 is 27.7 Å². The van der Waals surface area contributed by atoms with Gasteiger partial charge in [-0.25, -0.2) is 13.6 Å². The molecule has 6 heterocycles. The topological polar surface area (TPSA) is 144 Å². The number of halogens is 6. The highest BCUT2D eigenvalue weighted by Crippen LogP contribution is 2.49. The Morgan fingerprint density at radius 1 is 0.634 bits per heavy atom. The summed E-state index contributed by atoms with van der Waals surface area (Å²) in [5.41, 5.74) is 6.30. The second-order valence-electron chi connectivity index (χ2n) is 19.9. The monoisotopic (exact) mass is 1040 g/mol. The molecule has 4 aliphatic heterocycles. The van der Waals surface area contributed by atoms with Crippen LogP contribution in [0, 0.1) is 23.0 Å². The first-order valence-corrected chi connectivity index (χ1v) is 26.1. The number of benzene rings is 4. The van der Waals surface area contributed by atoms with E-state index in [4.69, 9.17) is 65.8 Å². The molecule has 368 valence electrons. The number of aromatic carboxylic acids is 1. The molecule has 71 heavy (non-hydrogen) atoms. The Hall–Kier alpha value is -5.20. The SMILES string of the molecule is N#Cc1ccc(N2C3CCC2CC(NCc2c(-c4c(Cl)cccc4Cl)noc2C2CC2)C3)c(F)c1.O=C(O)c1ccc(N2C3CCC2CC(NCc2c(-c4c(Cl)cccc4Cl)noc2C2CC2)C3)c(F)c1. The first-order chi connectivity index (χ1) is 34.4. The fourth-order valence-corrected chi connectivity index (χ4v) is 12.9. The van der Waals surface area contributed by atoms with E-state index in [2.05, 4.69) is 30.7 Å². The van der Waals surface area contributed by atoms with Crippen molar-refractivity contribution in [2.24, 2.45) is 0 Å². The summed E-state index contributed by atoms with van der Waals surface area (Å²) in [6.07, 6.45) is 12.1. The number of nitrogens with one attached hydrogen (secondary N) is 2. The Bertz CT molecular complexity index is 2980. The first kappa shape index (κ1) is 48.1. The third kappa shape index (κ3) is 9.64. The van der Waals surface area contributed by atoms with Crippen LogP contribution in [0.2, 0.25) is 20.1 Å². The van der Waals surface area contributed by atoms with Gasteiger partial charge in [0.15, 0.2) is 0 Å². The number of fused-ring (bicyclic) bond motifs is 4. The van der Waals surface area contributed by atoms with Gasteiger partial charge in [-0.15, -0.1) is 0 Å². The molecule has 0 spiro atoms. The van der Waals surface area contributed by atoms with Crippen LogP contribution in [-0.4, -0.2) is 57.6 Å². The number of anilines is 2. The second kappa shape index (κ2) is 20.0. The van der Waals surface area contributed by atoms with Gasteiger partial charge in [0.25, 0.3) is 0 Å². The van der Waals surface area contributed by atoms with Crippen LogP contribution < -0.4 is 20.4 Å². The van der Waals surface area contributed by atoms with Crippen molar-refractivity contribution in [3.8, 4) is 28.6 Å². The van der Waals surface area contributed by atoms with Gasteiger partial charge in [-0.05, 0) is 138 Å². The van der Waals surface area contributed by atoms with E-state index >= 15 is 0 Å². The van der Waals surface area contributed by atoms with Crippen LogP contribution in [-0.2, 0) is 13.1 Å². The molecule has 2 aliphatic carbocycles. The van der Waals surface area contributed by atoms with Crippen LogP contribution in [0.3, 0.4) is 0 Å². The molecule has 4 saturated heterocycles. The largest absolute Gasteiger partial charge is 0.478 e. The summed E-state index contributed by atoms with van der Waals surface area (Å²) in [6.45, 7) is 1.22. The molecule has 3 N–H and O–H groups in total. The van der Waals surface area contributed by atoms with Gasteiger partial charge in [0.05, 0.1) is 48.7 Å². The number of rotatable bonds is 13. The van der Waals surface area contributed by atoms with E-state index in [1.54, 1.807) is 30.3 Å². The van der Waals surface area contributed by atoms with Crippen molar-refractivity contribution in [2.75, 3.05) is 9.80 Å². The zero-order valence-electron chi connectivity index (χ0n) is 38.6. The summed E-state index contributed by atoms with van der Waals surface area (Å²) in [5, 5.41) is 36.7. The molecule has 12 rings (SSSR count). The number of piperidine rings is 2. The minimum absolute atomic E-state index is 0.0326. The van der Waals surface area contributed by atoms with E-state index < -0.39 is 11.8 Å². The van der Waals surface area contributed by atoms with Gasteiger partial charge in [-0.2, -0.15) is 5.26 Å². The summed E-state index contributed by atoms with van der Waals surface area (Å²) in [6, 6.07) is 23.4. The molecule has 0 amide bonds. The van der Waals surface area contributed by atoms with Crippen molar-refractivity contribution in [3.63, 3.8) is 0 Å². The number of hydrogen-bond acceptors (Lipinski definition) is 10. The molecule has 2 aromatic heterocycles.